The number of aldehydes is 1. The van der Waals surface area contributed by atoms with Crippen LogP contribution < -0.4 is 4.74 Å². The highest BCUT2D eigenvalue weighted by Crippen LogP contribution is 2.23. The zero-order valence-electron chi connectivity index (χ0n) is 6.80. The summed E-state index contributed by atoms with van der Waals surface area (Å²) in [6, 6.07) is 0. The van der Waals surface area contributed by atoms with Gasteiger partial charge in [0.25, 0.3) is 0 Å². The molecule has 1 aromatic heterocycles. The van der Waals surface area contributed by atoms with Crippen LogP contribution in [0.5, 0.6) is 5.88 Å². The van der Waals surface area contributed by atoms with Gasteiger partial charge in [-0.05, 0) is 28.4 Å². The number of aromatic nitrogens is 1. The van der Waals surface area contributed by atoms with Crippen LogP contribution in [0.2, 0.25) is 0 Å². The molecule has 0 aliphatic rings. The van der Waals surface area contributed by atoms with E-state index < -0.39 is 0 Å². The van der Waals surface area contributed by atoms with Crippen LogP contribution >= 0.6 is 15.9 Å². The molecule has 1 aromatic rings. The fourth-order valence-corrected chi connectivity index (χ4v) is 1.19. The molecule has 4 heteroatoms. The molecule has 0 saturated carbocycles. The molecule has 3 nitrogen and oxygen atoms in total. The lowest BCUT2D eigenvalue weighted by Gasteiger charge is -2.05. The van der Waals surface area contributed by atoms with Crippen LogP contribution in [-0.2, 0) is 0 Å². The molecule has 0 aliphatic heterocycles. The van der Waals surface area contributed by atoms with Crippen LogP contribution in [-0.4, -0.2) is 18.4 Å². The third-order valence-corrected chi connectivity index (χ3v) is 2.40. The zero-order chi connectivity index (χ0) is 9.14. The molecule has 0 aliphatic carbocycles. The molecule has 0 unspecified atom stereocenters. The van der Waals surface area contributed by atoms with Crippen molar-refractivity contribution in [2.24, 2.45) is 0 Å². The molecular formula is C8H8BrNO2. The van der Waals surface area contributed by atoms with Crippen molar-refractivity contribution >= 4 is 22.2 Å². The number of ether oxygens (including phenoxy) is 1. The van der Waals surface area contributed by atoms with Crippen LogP contribution in [0.15, 0.2) is 10.7 Å². The Kier molecular flexibility index (Phi) is 2.81. The molecule has 0 radical (unpaired) electrons. The van der Waals surface area contributed by atoms with Crippen LogP contribution in [0.25, 0.3) is 0 Å². The fourth-order valence-electron chi connectivity index (χ4n) is 0.872. The van der Waals surface area contributed by atoms with Gasteiger partial charge in [-0.2, -0.15) is 0 Å². The maximum atomic E-state index is 10.6. The Bertz CT molecular complexity index is 312. The molecule has 12 heavy (non-hydrogen) atoms. The van der Waals surface area contributed by atoms with Gasteiger partial charge in [-0.15, -0.1) is 0 Å². The van der Waals surface area contributed by atoms with E-state index in [1.54, 1.807) is 6.20 Å². The first kappa shape index (κ1) is 9.19. The summed E-state index contributed by atoms with van der Waals surface area (Å²) in [5.41, 5.74) is 1.34. The van der Waals surface area contributed by atoms with Crippen LogP contribution in [0.3, 0.4) is 0 Å². The number of carbonyl (C=O) groups is 1. The van der Waals surface area contributed by atoms with E-state index in [9.17, 15) is 4.79 Å². The van der Waals surface area contributed by atoms with E-state index in [0.29, 0.717) is 11.4 Å². The van der Waals surface area contributed by atoms with Gasteiger partial charge < -0.3 is 4.74 Å². The van der Waals surface area contributed by atoms with Crippen molar-refractivity contribution in [3.8, 4) is 5.88 Å². The van der Waals surface area contributed by atoms with E-state index in [1.165, 1.54) is 7.11 Å². The molecule has 0 atom stereocenters. The highest BCUT2D eigenvalue weighted by atomic mass is 79.9. The fraction of sp³-hybridized carbons (Fsp3) is 0.250. The second-order valence-electron chi connectivity index (χ2n) is 2.27. The summed E-state index contributed by atoms with van der Waals surface area (Å²) in [5, 5.41) is 0. The summed E-state index contributed by atoms with van der Waals surface area (Å²) in [6.07, 6.45) is 2.35. The Hall–Kier alpha value is -0.900. The first-order valence-electron chi connectivity index (χ1n) is 3.35. The van der Waals surface area contributed by atoms with Crippen molar-refractivity contribution < 1.29 is 9.53 Å². The van der Waals surface area contributed by atoms with Crippen molar-refractivity contribution in [2.45, 2.75) is 6.92 Å². The van der Waals surface area contributed by atoms with Crippen molar-refractivity contribution in [3.63, 3.8) is 0 Å². The van der Waals surface area contributed by atoms with Gasteiger partial charge >= 0.3 is 0 Å². The molecule has 1 rings (SSSR count). The summed E-state index contributed by atoms with van der Waals surface area (Å²) in [7, 11) is 1.49. The minimum Gasteiger partial charge on any atom is -0.480 e. The summed E-state index contributed by atoms with van der Waals surface area (Å²) in [6.45, 7) is 1.83. The highest BCUT2D eigenvalue weighted by Gasteiger charge is 2.08. The molecule has 0 bridgehead atoms. The zero-order valence-corrected chi connectivity index (χ0v) is 8.38. The highest BCUT2D eigenvalue weighted by molar-refractivity contribution is 9.10. The van der Waals surface area contributed by atoms with Gasteiger partial charge in [-0.3, -0.25) is 4.79 Å². The minimum atomic E-state index is 0.366. The predicted molar refractivity (Wildman–Crippen MR) is 48.6 cm³/mol. The van der Waals surface area contributed by atoms with Crippen molar-refractivity contribution in [3.05, 3.63) is 21.8 Å². The average molecular weight is 230 g/mol. The third kappa shape index (κ3) is 1.48. The number of rotatable bonds is 2. The number of carbonyl (C=O) groups excluding carboxylic acids is 1. The summed E-state index contributed by atoms with van der Waals surface area (Å²) in [4.78, 5) is 14.5. The Morgan fingerprint density at radius 1 is 1.67 bits per heavy atom. The largest absolute Gasteiger partial charge is 0.480 e. The predicted octanol–water partition coefficient (Wildman–Crippen LogP) is 1.97. The van der Waals surface area contributed by atoms with Gasteiger partial charge in [0, 0.05) is 10.7 Å². The van der Waals surface area contributed by atoms with Gasteiger partial charge in [0.05, 0.1) is 12.7 Å². The first-order valence-corrected chi connectivity index (χ1v) is 4.14. The van der Waals surface area contributed by atoms with Gasteiger partial charge in [0.1, 0.15) is 0 Å². The number of halogens is 1. The molecule has 0 saturated heterocycles. The van der Waals surface area contributed by atoms with Gasteiger partial charge in [-0.1, -0.05) is 0 Å². The van der Waals surface area contributed by atoms with E-state index in [1.807, 2.05) is 6.92 Å². The van der Waals surface area contributed by atoms with Crippen molar-refractivity contribution in [1.82, 2.24) is 4.98 Å². The Morgan fingerprint density at radius 3 is 2.83 bits per heavy atom. The maximum absolute atomic E-state index is 10.6. The minimum absolute atomic E-state index is 0.366. The van der Waals surface area contributed by atoms with Gasteiger partial charge in [0.15, 0.2) is 6.29 Å². The Morgan fingerprint density at radius 2 is 2.33 bits per heavy atom. The topological polar surface area (TPSA) is 39.2 Å². The molecule has 0 aromatic carbocycles. The molecule has 0 N–H and O–H groups in total. The van der Waals surface area contributed by atoms with E-state index in [0.717, 1.165) is 16.3 Å². The van der Waals surface area contributed by atoms with Crippen LogP contribution in [0.1, 0.15) is 15.9 Å². The molecule has 64 valence electrons. The van der Waals surface area contributed by atoms with E-state index in [4.69, 9.17) is 4.74 Å². The lowest BCUT2D eigenvalue weighted by Crippen LogP contribution is -1.97. The van der Waals surface area contributed by atoms with Gasteiger partial charge in [0.2, 0.25) is 5.88 Å². The Balaban J connectivity index is 3.35. The smallest absolute Gasteiger partial charge is 0.224 e. The molecule has 0 amide bonds. The molecule has 0 spiro atoms. The second-order valence-corrected chi connectivity index (χ2v) is 3.13. The Labute approximate surface area is 78.9 Å². The monoisotopic (exact) mass is 229 g/mol. The standard InChI is InChI=1S/C8H8BrNO2/c1-5-6(4-11)8(12-2)10-3-7(5)9/h3-4H,1-2H3. The molecular weight excluding hydrogens is 222 g/mol. The normalized spacial score (nSPS) is 9.58. The van der Waals surface area contributed by atoms with E-state index >= 15 is 0 Å². The van der Waals surface area contributed by atoms with Crippen molar-refractivity contribution in [2.75, 3.05) is 7.11 Å². The third-order valence-electron chi connectivity index (χ3n) is 1.60. The van der Waals surface area contributed by atoms with Crippen LogP contribution in [0.4, 0.5) is 0 Å². The maximum Gasteiger partial charge on any atom is 0.224 e. The van der Waals surface area contributed by atoms with Crippen LogP contribution in [0, 0.1) is 6.92 Å². The quantitative estimate of drug-likeness (QED) is 0.729. The lowest BCUT2D eigenvalue weighted by molar-refractivity contribution is 0.111. The number of hydrogen-bond donors (Lipinski definition) is 0. The summed E-state index contributed by atoms with van der Waals surface area (Å²) < 4.78 is 5.72. The number of methoxy groups -OCH3 is 1. The van der Waals surface area contributed by atoms with E-state index in [2.05, 4.69) is 20.9 Å². The second kappa shape index (κ2) is 3.67. The number of hydrogen-bond acceptors (Lipinski definition) is 3. The van der Waals surface area contributed by atoms with Crippen molar-refractivity contribution in [1.29, 1.82) is 0 Å². The SMILES string of the molecule is COc1ncc(Br)c(C)c1C=O. The van der Waals surface area contributed by atoms with Gasteiger partial charge in [-0.25, -0.2) is 4.98 Å². The first-order chi connectivity index (χ1) is 5.70. The summed E-state index contributed by atoms with van der Waals surface area (Å²) in [5.74, 6) is 0.366. The summed E-state index contributed by atoms with van der Waals surface area (Å²) >= 11 is 3.27. The lowest BCUT2D eigenvalue weighted by atomic mass is 10.2. The molecule has 0 fully saturated rings. The number of pyridine rings is 1. The average Bonchev–Trinajstić information content (AvgIpc) is 2.09. The number of nitrogens with zero attached hydrogens (tertiary/aromatic N) is 1. The molecule has 1 heterocycles. The van der Waals surface area contributed by atoms with E-state index in [-0.39, 0.29) is 0 Å².